The smallest absolute Gasteiger partial charge is 0.254 e. The highest BCUT2D eigenvalue weighted by molar-refractivity contribution is 5.98. The zero-order valence-corrected chi connectivity index (χ0v) is 27.2. The number of nitrogens with zero attached hydrogens (tertiary/aromatic N) is 3. The van der Waals surface area contributed by atoms with Crippen molar-refractivity contribution in [3.05, 3.63) is 83.2 Å². The van der Waals surface area contributed by atoms with Crippen molar-refractivity contribution in [2.75, 3.05) is 63.8 Å². The first-order valence-electron chi connectivity index (χ1n) is 16.7. The van der Waals surface area contributed by atoms with E-state index in [1.165, 1.54) is 12.1 Å². The lowest BCUT2D eigenvalue weighted by molar-refractivity contribution is 0.0351. The minimum atomic E-state index is -0.312. The number of benzene rings is 3. The molecule has 3 aliphatic heterocycles. The number of anilines is 1. The predicted molar refractivity (Wildman–Crippen MR) is 180 cm³/mol. The Labute approximate surface area is 271 Å². The zero-order chi connectivity index (χ0) is 32.2. The molecule has 3 saturated heterocycles. The number of carbonyl (C=O) groups is 2. The molecule has 6 rings (SSSR count). The molecule has 2 amide bonds. The van der Waals surface area contributed by atoms with Gasteiger partial charge in [-0.2, -0.15) is 0 Å². The van der Waals surface area contributed by atoms with Crippen molar-refractivity contribution in [3.8, 4) is 16.9 Å². The fourth-order valence-corrected chi connectivity index (χ4v) is 6.92. The Morgan fingerprint density at radius 2 is 1.67 bits per heavy atom. The number of hydrogen-bond acceptors (Lipinski definition) is 6. The maximum Gasteiger partial charge on any atom is 0.254 e. The van der Waals surface area contributed by atoms with Crippen LogP contribution in [0.2, 0.25) is 0 Å². The van der Waals surface area contributed by atoms with E-state index in [9.17, 15) is 14.0 Å². The Morgan fingerprint density at radius 1 is 0.891 bits per heavy atom. The average Bonchev–Trinajstić information content (AvgIpc) is 3.58. The first-order valence-corrected chi connectivity index (χ1v) is 16.7. The van der Waals surface area contributed by atoms with Gasteiger partial charge in [0.1, 0.15) is 17.7 Å². The van der Waals surface area contributed by atoms with E-state index in [0.29, 0.717) is 42.4 Å². The van der Waals surface area contributed by atoms with Gasteiger partial charge in [-0.15, -0.1) is 0 Å². The van der Waals surface area contributed by atoms with E-state index in [1.54, 1.807) is 12.1 Å². The van der Waals surface area contributed by atoms with Gasteiger partial charge in [-0.3, -0.25) is 9.59 Å². The molecule has 0 radical (unpaired) electrons. The zero-order valence-electron chi connectivity index (χ0n) is 27.2. The summed E-state index contributed by atoms with van der Waals surface area (Å²) in [5.41, 5.74) is 4.99. The van der Waals surface area contributed by atoms with Gasteiger partial charge in [0.15, 0.2) is 0 Å². The Balaban J connectivity index is 1.23. The molecule has 3 fully saturated rings. The largest absolute Gasteiger partial charge is 0.488 e. The lowest BCUT2D eigenvalue weighted by atomic mass is 9.97. The van der Waals surface area contributed by atoms with Crippen LogP contribution in [0.3, 0.4) is 0 Å². The van der Waals surface area contributed by atoms with E-state index in [0.717, 1.165) is 74.5 Å². The van der Waals surface area contributed by atoms with Crippen molar-refractivity contribution in [1.29, 1.82) is 0 Å². The highest BCUT2D eigenvalue weighted by Gasteiger charge is 2.34. The van der Waals surface area contributed by atoms with Gasteiger partial charge in [-0.05, 0) is 91.9 Å². The van der Waals surface area contributed by atoms with Gasteiger partial charge < -0.3 is 30.1 Å². The molecule has 8 nitrogen and oxygen atoms in total. The third kappa shape index (κ3) is 7.37. The van der Waals surface area contributed by atoms with Crippen molar-refractivity contribution < 1.29 is 18.7 Å². The number of hydrogen-bond donors (Lipinski definition) is 2. The van der Waals surface area contributed by atoms with Gasteiger partial charge in [-0.25, -0.2) is 4.39 Å². The van der Waals surface area contributed by atoms with Gasteiger partial charge in [0, 0.05) is 80.8 Å². The average molecular weight is 628 g/mol. The second-order valence-corrected chi connectivity index (χ2v) is 13.3. The summed E-state index contributed by atoms with van der Waals surface area (Å²) in [7, 11) is 0. The number of ether oxygens (including phenoxy) is 1. The van der Waals surface area contributed by atoms with Crippen LogP contribution in [-0.4, -0.2) is 92.7 Å². The van der Waals surface area contributed by atoms with Gasteiger partial charge in [0.25, 0.3) is 11.8 Å². The maximum absolute atomic E-state index is 14.2. The van der Waals surface area contributed by atoms with E-state index in [-0.39, 0.29) is 29.8 Å². The second kappa shape index (κ2) is 14.2. The van der Waals surface area contributed by atoms with Crippen LogP contribution in [0.15, 0.2) is 60.7 Å². The first kappa shape index (κ1) is 32.0. The maximum atomic E-state index is 14.2. The number of piperazine rings is 2. The molecule has 0 saturated carbocycles. The highest BCUT2D eigenvalue weighted by atomic mass is 19.1. The summed E-state index contributed by atoms with van der Waals surface area (Å²) in [4.78, 5) is 34.3. The summed E-state index contributed by atoms with van der Waals surface area (Å²) >= 11 is 0. The van der Waals surface area contributed by atoms with Gasteiger partial charge in [0.05, 0.1) is 0 Å². The fourth-order valence-electron chi connectivity index (χ4n) is 6.92. The Morgan fingerprint density at radius 3 is 2.39 bits per heavy atom. The molecular formula is C37H46FN5O3. The van der Waals surface area contributed by atoms with Crippen LogP contribution in [0, 0.1) is 18.7 Å². The number of rotatable bonds is 8. The molecule has 3 aromatic carbocycles. The normalized spacial score (nSPS) is 20.3. The second-order valence-electron chi connectivity index (χ2n) is 13.3. The lowest BCUT2D eigenvalue weighted by Gasteiger charge is -2.42. The molecule has 2 atom stereocenters. The Bertz CT molecular complexity index is 1530. The van der Waals surface area contributed by atoms with Crippen molar-refractivity contribution >= 4 is 17.5 Å². The van der Waals surface area contributed by atoms with E-state index >= 15 is 0 Å². The van der Waals surface area contributed by atoms with Crippen LogP contribution in [-0.2, 0) is 0 Å². The van der Waals surface area contributed by atoms with Crippen LogP contribution in [0.1, 0.15) is 53.0 Å². The molecule has 9 heteroatoms. The molecule has 3 aliphatic rings. The lowest BCUT2D eigenvalue weighted by Crippen LogP contribution is -2.57. The summed E-state index contributed by atoms with van der Waals surface area (Å²) in [5.74, 6) is 0.672. The summed E-state index contributed by atoms with van der Waals surface area (Å²) in [6.07, 6.45) is 1.74. The molecular weight excluding hydrogens is 581 g/mol. The number of nitrogens with one attached hydrogen (secondary N) is 2. The molecule has 0 spiro atoms. The van der Waals surface area contributed by atoms with Crippen LogP contribution >= 0.6 is 0 Å². The van der Waals surface area contributed by atoms with Crippen molar-refractivity contribution in [1.82, 2.24) is 20.4 Å². The minimum Gasteiger partial charge on any atom is -0.488 e. The molecule has 3 aromatic rings. The van der Waals surface area contributed by atoms with E-state index < -0.39 is 0 Å². The fraction of sp³-hybridized carbons (Fsp3) is 0.459. The summed E-state index contributed by atoms with van der Waals surface area (Å²) in [6, 6.07) is 17.9. The third-order valence-corrected chi connectivity index (χ3v) is 9.26. The molecule has 0 bridgehead atoms. The van der Waals surface area contributed by atoms with E-state index in [2.05, 4.69) is 35.4 Å². The van der Waals surface area contributed by atoms with Crippen molar-refractivity contribution in [3.63, 3.8) is 0 Å². The van der Waals surface area contributed by atoms with Crippen LogP contribution in [0.25, 0.3) is 11.1 Å². The molecule has 0 aromatic heterocycles. The third-order valence-electron chi connectivity index (χ3n) is 9.26. The molecule has 46 heavy (non-hydrogen) atoms. The van der Waals surface area contributed by atoms with Crippen molar-refractivity contribution in [2.45, 2.75) is 45.8 Å². The van der Waals surface area contributed by atoms with Crippen LogP contribution < -0.4 is 20.3 Å². The monoisotopic (exact) mass is 627 g/mol. The quantitative estimate of drug-likeness (QED) is 0.368. The standard InChI is InChI=1S/C37H46FN5O3/c1-25(2)18-32-24-42(36(44)29-19-26(3)20-31(21-29)41-14-12-39-13-15-41)16-17-43(32)37(45)28-6-9-35(46-33-10-11-40-23-33)34(22-28)27-4-7-30(38)8-5-27/h4-9,19-22,25,32-33,39-40H,10-18,23-24H2,1-3H3/t32-,33-/m0/s1. The Hall–Kier alpha value is -3.95. The molecule has 2 N–H and O–H groups in total. The first-order chi connectivity index (χ1) is 22.2. The topological polar surface area (TPSA) is 77.2 Å². The van der Waals surface area contributed by atoms with E-state index in [1.807, 2.05) is 47.1 Å². The summed E-state index contributed by atoms with van der Waals surface area (Å²) in [6.45, 7) is 13.1. The van der Waals surface area contributed by atoms with Crippen LogP contribution in [0.4, 0.5) is 10.1 Å². The summed E-state index contributed by atoms with van der Waals surface area (Å²) in [5, 5.41) is 6.72. The predicted octanol–water partition coefficient (Wildman–Crippen LogP) is 4.96. The molecule has 3 heterocycles. The number of halogens is 1. The van der Waals surface area contributed by atoms with Gasteiger partial charge in [-0.1, -0.05) is 26.0 Å². The number of amides is 2. The van der Waals surface area contributed by atoms with E-state index in [4.69, 9.17) is 4.74 Å². The van der Waals surface area contributed by atoms with Crippen LogP contribution in [0.5, 0.6) is 5.75 Å². The summed E-state index contributed by atoms with van der Waals surface area (Å²) < 4.78 is 20.2. The van der Waals surface area contributed by atoms with Crippen molar-refractivity contribution in [2.24, 2.45) is 5.92 Å². The number of aryl methyl sites for hydroxylation is 1. The molecule has 0 unspecified atom stereocenters. The SMILES string of the molecule is Cc1cc(C(=O)N2CCN(C(=O)c3ccc(O[C@H]4CCNC4)c(-c4ccc(F)cc4)c3)[C@@H](CC(C)C)C2)cc(N2CCNCC2)c1. The molecule has 0 aliphatic carbocycles. The minimum absolute atomic E-state index is 0.0161. The number of carbonyl (C=O) groups excluding carboxylic acids is 2. The highest BCUT2D eigenvalue weighted by Crippen LogP contribution is 2.34. The molecule has 244 valence electrons. The van der Waals surface area contributed by atoms with Gasteiger partial charge in [0.2, 0.25) is 0 Å². The Kier molecular flexibility index (Phi) is 9.89. The van der Waals surface area contributed by atoms with Gasteiger partial charge >= 0.3 is 0 Å².